The number of ether oxygens (including phenoxy) is 1. The van der Waals surface area contributed by atoms with Crippen molar-refractivity contribution in [3.05, 3.63) is 64.9 Å². The molecule has 1 saturated heterocycles. The van der Waals surface area contributed by atoms with E-state index in [1.807, 2.05) is 23.1 Å². The number of likely N-dealkylation sites (tertiary alicyclic amines) is 1. The molecule has 3 rings (SSSR count). The molecule has 0 bridgehead atoms. The van der Waals surface area contributed by atoms with Crippen LogP contribution in [-0.2, 0) is 11.3 Å². The van der Waals surface area contributed by atoms with E-state index < -0.39 is 0 Å². The van der Waals surface area contributed by atoms with E-state index in [2.05, 4.69) is 17.1 Å². The summed E-state index contributed by atoms with van der Waals surface area (Å²) in [6, 6.07) is 13.5. The van der Waals surface area contributed by atoms with Crippen LogP contribution in [0.15, 0.2) is 48.7 Å². The van der Waals surface area contributed by atoms with Crippen molar-refractivity contribution in [1.29, 1.82) is 0 Å². The van der Waals surface area contributed by atoms with Gasteiger partial charge in [0.25, 0.3) is 5.91 Å². The van der Waals surface area contributed by atoms with Crippen molar-refractivity contribution in [2.24, 2.45) is 5.92 Å². The number of carbonyl (C=O) groups is 1. The van der Waals surface area contributed by atoms with Gasteiger partial charge in [-0.15, -0.1) is 0 Å². The third-order valence-electron chi connectivity index (χ3n) is 3.98. The molecule has 120 valence electrons. The summed E-state index contributed by atoms with van der Waals surface area (Å²) < 4.78 is 5.78. The van der Waals surface area contributed by atoms with E-state index in [-0.39, 0.29) is 5.91 Å². The van der Waals surface area contributed by atoms with Crippen LogP contribution >= 0.6 is 11.6 Å². The first-order valence-corrected chi connectivity index (χ1v) is 8.12. The van der Waals surface area contributed by atoms with Crippen LogP contribution in [-0.4, -0.2) is 35.5 Å². The smallest absolute Gasteiger partial charge is 0.272 e. The number of hydrogen-bond donors (Lipinski definition) is 0. The van der Waals surface area contributed by atoms with Crippen LogP contribution in [0.3, 0.4) is 0 Å². The van der Waals surface area contributed by atoms with Gasteiger partial charge in [-0.25, -0.2) is 4.98 Å². The summed E-state index contributed by atoms with van der Waals surface area (Å²) in [5, 5.41) is 0.537. The number of amides is 1. The average Bonchev–Trinajstić information content (AvgIpc) is 3.05. The Morgan fingerprint density at radius 1 is 1.26 bits per heavy atom. The Balaban J connectivity index is 1.46. The van der Waals surface area contributed by atoms with E-state index in [1.54, 1.807) is 12.1 Å². The molecule has 4 nitrogen and oxygen atoms in total. The summed E-state index contributed by atoms with van der Waals surface area (Å²) in [5.74, 6) is 0.349. The normalized spacial score (nSPS) is 17.4. The molecule has 1 aliphatic rings. The standard InChI is InChI=1S/C18H19ClN2O2/c19-16-6-7-17(20-10-16)18(22)21-9-8-15(11-21)13-23-12-14-4-2-1-3-5-14/h1-7,10,15H,8-9,11-13H2/t15-/m1/s1. The molecular weight excluding hydrogens is 312 g/mol. The number of pyridine rings is 1. The number of nitrogens with zero attached hydrogens (tertiary/aromatic N) is 2. The Morgan fingerprint density at radius 3 is 2.83 bits per heavy atom. The highest BCUT2D eigenvalue weighted by molar-refractivity contribution is 6.30. The fourth-order valence-corrected chi connectivity index (χ4v) is 2.85. The van der Waals surface area contributed by atoms with Crippen molar-refractivity contribution in [3.8, 4) is 0 Å². The maximum Gasteiger partial charge on any atom is 0.272 e. The van der Waals surface area contributed by atoms with Gasteiger partial charge in [0, 0.05) is 25.2 Å². The largest absolute Gasteiger partial charge is 0.376 e. The Morgan fingerprint density at radius 2 is 2.09 bits per heavy atom. The lowest BCUT2D eigenvalue weighted by atomic mass is 10.1. The Hall–Kier alpha value is -1.91. The molecule has 1 atom stereocenters. The number of benzene rings is 1. The average molecular weight is 331 g/mol. The Labute approximate surface area is 141 Å². The van der Waals surface area contributed by atoms with E-state index in [0.29, 0.717) is 29.8 Å². The first-order valence-electron chi connectivity index (χ1n) is 7.75. The molecule has 2 heterocycles. The third kappa shape index (κ3) is 4.30. The molecule has 0 saturated carbocycles. The molecule has 1 aliphatic heterocycles. The van der Waals surface area contributed by atoms with Gasteiger partial charge in [0.15, 0.2) is 0 Å². The van der Waals surface area contributed by atoms with Crippen LogP contribution in [0, 0.1) is 5.92 Å². The summed E-state index contributed by atoms with van der Waals surface area (Å²) in [7, 11) is 0. The molecular formula is C18H19ClN2O2. The third-order valence-corrected chi connectivity index (χ3v) is 4.21. The minimum atomic E-state index is -0.0350. The van der Waals surface area contributed by atoms with Crippen molar-refractivity contribution in [2.45, 2.75) is 13.0 Å². The quantitative estimate of drug-likeness (QED) is 0.843. The van der Waals surface area contributed by atoms with Crippen molar-refractivity contribution >= 4 is 17.5 Å². The van der Waals surface area contributed by atoms with E-state index in [4.69, 9.17) is 16.3 Å². The molecule has 23 heavy (non-hydrogen) atoms. The Bertz CT molecular complexity index is 646. The highest BCUT2D eigenvalue weighted by atomic mass is 35.5. The number of rotatable bonds is 5. The van der Waals surface area contributed by atoms with Gasteiger partial charge in [-0.1, -0.05) is 41.9 Å². The lowest BCUT2D eigenvalue weighted by Gasteiger charge is -2.16. The summed E-state index contributed by atoms with van der Waals surface area (Å²) in [5.41, 5.74) is 1.61. The molecule has 0 radical (unpaired) electrons. The molecule has 0 spiro atoms. The van der Waals surface area contributed by atoms with Crippen LogP contribution in [0.25, 0.3) is 0 Å². The zero-order valence-electron chi connectivity index (χ0n) is 12.8. The van der Waals surface area contributed by atoms with Crippen molar-refractivity contribution < 1.29 is 9.53 Å². The SMILES string of the molecule is O=C(c1ccc(Cl)cn1)N1CC[C@@H](COCc2ccccc2)C1. The number of halogens is 1. The lowest BCUT2D eigenvalue weighted by Crippen LogP contribution is -2.29. The number of carbonyl (C=O) groups excluding carboxylic acids is 1. The monoisotopic (exact) mass is 330 g/mol. The summed E-state index contributed by atoms with van der Waals surface area (Å²) >= 11 is 5.80. The summed E-state index contributed by atoms with van der Waals surface area (Å²) in [4.78, 5) is 18.3. The molecule has 0 unspecified atom stereocenters. The molecule has 2 aromatic rings. The zero-order valence-corrected chi connectivity index (χ0v) is 13.6. The zero-order chi connectivity index (χ0) is 16.1. The van der Waals surface area contributed by atoms with Crippen molar-refractivity contribution in [2.75, 3.05) is 19.7 Å². The fourth-order valence-electron chi connectivity index (χ4n) is 2.74. The molecule has 0 N–H and O–H groups in total. The first kappa shape index (κ1) is 16.0. The van der Waals surface area contributed by atoms with Gasteiger partial charge in [0.1, 0.15) is 5.69 Å². The van der Waals surface area contributed by atoms with Gasteiger partial charge in [-0.3, -0.25) is 4.79 Å². The number of aromatic nitrogens is 1. The highest BCUT2D eigenvalue weighted by Gasteiger charge is 2.27. The van der Waals surface area contributed by atoms with Crippen LogP contribution < -0.4 is 0 Å². The predicted octanol–water partition coefficient (Wildman–Crippen LogP) is 3.41. The van der Waals surface area contributed by atoms with E-state index in [1.165, 1.54) is 11.8 Å². The van der Waals surface area contributed by atoms with Crippen molar-refractivity contribution in [1.82, 2.24) is 9.88 Å². The molecule has 5 heteroatoms. The highest BCUT2D eigenvalue weighted by Crippen LogP contribution is 2.19. The van der Waals surface area contributed by atoms with E-state index in [9.17, 15) is 4.79 Å². The van der Waals surface area contributed by atoms with Crippen LogP contribution in [0.2, 0.25) is 5.02 Å². The van der Waals surface area contributed by atoms with Gasteiger partial charge in [0.2, 0.25) is 0 Å². The second-order valence-corrected chi connectivity index (χ2v) is 6.20. The van der Waals surface area contributed by atoms with E-state index in [0.717, 1.165) is 19.5 Å². The van der Waals surface area contributed by atoms with Crippen LogP contribution in [0.5, 0.6) is 0 Å². The van der Waals surface area contributed by atoms with Gasteiger partial charge in [-0.05, 0) is 24.1 Å². The van der Waals surface area contributed by atoms with E-state index >= 15 is 0 Å². The van der Waals surface area contributed by atoms with Crippen LogP contribution in [0.4, 0.5) is 0 Å². The second-order valence-electron chi connectivity index (χ2n) is 5.77. The Kier molecular flexibility index (Phi) is 5.26. The lowest BCUT2D eigenvalue weighted by molar-refractivity contribution is 0.0728. The van der Waals surface area contributed by atoms with Gasteiger partial charge in [0.05, 0.1) is 18.2 Å². The first-order chi connectivity index (χ1) is 11.2. The molecule has 1 amide bonds. The van der Waals surface area contributed by atoms with Gasteiger partial charge in [-0.2, -0.15) is 0 Å². The minimum absolute atomic E-state index is 0.0350. The minimum Gasteiger partial charge on any atom is -0.376 e. The summed E-state index contributed by atoms with van der Waals surface area (Å²) in [6.07, 6.45) is 2.47. The molecule has 1 aromatic heterocycles. The summed E-state index contributed by atoms with van der Waals surface area (Å²) in [6.45, 7) is 2.76. The maximum absolute atomic E-state index is 12.4. The predicted molar refractivity (Wildman–Crippen MR) is 89.4 cm³/mol. The van der Waals surface area contributed by atoms with Gasteiger partial charge < -0.3 is 9.64 Å². The fraction of sp³-hybridized carbons (Fsp3) is 0.333. The molecule has 1 fully saturated rings. The topological polar surface area (TPSA) is 42.4 Å². The maximum atomic E-state index is 12.4. The molecule has 0 aliphatic carbocycles. The molecule has 1 aromatic carbocycles. The second kappa shape index (κ2) is 7.57. The van der Waals surface area contributed by atoms with Crippen LogP contribution in [0.1, 0.15) is 22.5 Å². The van der Waals surface area contributed by atoms with Crippen molar-refractivity contribution in [3.63, 3.8) is 0 Å². The number of hydrogen-bond acceptors (Lipinski definition) is 3. The van der Waals surface area contributed by atoms with Gasteiger partial charge >= 0.3 is 0 Å².